The van der Waals surface area contributed by atoms with Gasteiger partial charge in [-0.05, 0) is 48.9 Å². The van der Waals surface area contributed by atoms with E-state index in [0.717, 1.165) is 0 Å². The van der Waals surface area contributed by atoms with Crippen molar-refractivity contribution in [1.82, 2.24) is 52.2 Å². The minimum Gasteiger partial charge on any atom is -0.351 e. The van der Waals surface area contributed by atoms with Gasteiger partial charge in [-0.15, -0.1) is 0 Å². The van der Waals surface area contributed by atoms with Gasteiger partial charge in [0.15, 0.2) is 5.82 Å². The quantitative estimate of drug-likeness (QED) is 0.0466. The second-order valence-corrected chi connectivity index (χ2v) is 19.1. The zero-order valence-electron chi connectivity index (χ0n) is 45.5. The van der Waals surface area contributed by atoms with Gasteiger partial charge in [0.1, 0.15) is 39.9 Å². The first-order valence-corrected chi connectivity index (χ1v) is 25.1. The first-order valence-electron chi connectivity index (χ1n) is 25.1. The van der Waals surface area contributed by atoms with Gasteiger partial charge in [-0.3, -0.25) is 43.2 Å². The second-order valence-electron chi connectivity index (χ2n) is 19.1. The van der Waals surface area contributed by atoms with Gasteiger partial charge in [0.25, 0.3) is 47.3 Å². The highest BCUT2D eigenvalue weighted by Crippen LogP contribution is 2.23. The topological polar surface area (TPSA) is 340 Å². The van der Waals surface area contributed by atoms with Gasteiger partial charge in [-0.2, -0.15) is 0 Å². The zero-order chi connectivity index (χ0) is 58.4. The molecule has 8 rings (SSSR count). The highest BCUT2D eigenvalue weighted by atomic mass is 16.2. The maximum Gasteiger partial charge on any atom is 0.291 e. The largest absolute Gasteiger partial charge is 0.351 e. The molecule has 0 atom stereocenters. The number of imidazole rings is 1. The number of anilines is 7. The van der Waals surface area contributed by atoms with Gasteiger partial charge >= 0.3 is 0 Å². The second kappa shape index (κ2) is 23.9. The molecule has 9 amide bonds. The van der Waals surface area contributed by atoms with E-state index in [1.807, 2.05) is 0 Å². The van der Waals surface area contributed by atoms with Crippen LogP contribution in [-0.4, -0.2) is 114 Å². The molecule has 0 spiro atoms. The molecule has 8 heterocycles. The smallest absolute Gasteiger partial charge is 0.291 e. The van der Waals surface area contributed by atoms with Crippen LogP contribution in [0.3, 0.4) is 0 Å². The Morgan fingerprint density at radius 1 is 0.370 bits per heavy atom. The average molecular weight is 1110 g/mol. The van der Waals surface area contributed by atoms with Crippen molar-refractivity contribution in [3.8, 4) is 0 Å². The summed E-state index contributed by atoms with van der Waals surface area (Å²) < 4.78 is 12.4. The van der Waals surface area contributed by atoms with Crippen molar-refractivity contribution in [2.45, 2.75) is 12.8 Å². The number of nitrogens with one attached hydrogen (secondary N) is 9. The number of aromatic nitrogens is 9. The molecule has 0 aliphatic rings. The first kappa shape index (κ1) is 56.6. The molecule has 28 heteroatoms. The van der Waals surface area contributed by atoms with E-state index < -0.39 is 41.4 Å². The Labute approximate surface area is 462 Å². The van der Waals surface area contributed by atoms with Gasteiger partial charge < -0.3 is 90.1 Å². The molecule has 0 fully saturated rings. The van der Waals surface area contributed by atoms with Crippen LogP contribution in [0.25, 0.3) is 0 Å². The van der Waals surface area contributed by atoms with Crippen LogP contribution in [0.4, 0.5) is 39.8 Å². The third kappa shape index (κ3) is 13.2. The zero-order valence-corrected chi connectivity index (χ0v) is 45.5. The van der Waals surface area contributed by atoms with Crippen LogP contribution in [0.2, 0.25) is 0 Å². The predicted octanol–water partition coefficient (Wildman–Crippen LogP) is 3.14. The average Bonchev–Trinajstić information content (AvgIpc) is 4.48. The minimum atomic E-state index is -0.511. The lowest BCUT2D eigenvalue weighted by atomic mass is 10.2. The Kier molecular flexibility index (Phi) is 16.7. The summed E-state index contributed by atoms with van der Waals surface area (Å²) in [6.07, 6.45) is 14.5. The molecule has 28 nitrogen and oxygen atoms in total. The number of nitrogens with zero attached hydrogens (tertiary/aromatic N) is 9. The summed E-state index contributed by atoms with van der Waals surface area (Å²) in [6, 6.07) is 10.6. The summed E-state index contributed by atoms with van der Waals surface area (Å²) in [5, 5.41) is 24.9. The molecular weight excluding hydrogens is 1050 g/mol. The standard InChI is InChI=1S/C53H61N19O9/c1-65-15-14-55-45(65)53(81)64-36-22-43(72(8)29-36)52(80)63-35-21-40(70(6)28-35)49(77)59-31-17-37(66(2)24-31)46(74)56-12-9-10-44(73)58-30-16-39(68(4)23-30)48(76)61-33-19-42(71(7)26-33)51(79)62-34-20-41(69(5)27-34)50(78)60-32-18-38(67(3)25-32)47(75)57-13-11-54/h14-29H,9-13,54H2,1-8H3,(H,56,74)(H,57,75)(H,58,73)(H,59,77)(H,60,78)(H,61,76)(H,62,79)(H,63,80)(H,64,81). The van der Waals surface area contributed by atoms with Gasteiger partial charge in [0.2, 0.25) is 5.91 Å². The summed E-state index contributed by atoms with van der Waals surface area (Å²) >= 11 is 0. The Balaban J connectivity index is 0.764. The van der Waals surface area contributed by atoms with Gasteiger partial charge in [-0.1, -0.05) is 0 Å². The summed E-state index contributed by atoms with van der Waals surface area (Å²) in [5.41, 5.74) is 9.67. The number of carbonyl (C=O) groups excluding carboxylic acids is 9. The van der Waals surface area contributed by atoms with Crippen LogP contribution in [0, 0.1) is 0 Å². The van der Waals surface area contributed by atoms with E-state index >= 15 is 0 Å². The highest BCUT2D eigenvalue weighted by molar-refractivity contribution is 6.10. The van der Waals surface area contributed by atoms with E-state index in [0.29, 0.717) is 52.1 Å². The molecule has 0 unspecified atom stereocenters. The van der Waals surface area contributed by atoms with Crippen molar-refractivity contribution >= 4 is 93.0 Å². The lowest BCUT2D eigenvalue weighted by molar-refractivity contribution is -0.116. The molecule has 0 radical (unpaired) electrons. The third-order valence-electron chi connectivity index (χ3n) is 12.8. The fourth-order valence-corrected chi connectivity index (χ4v) is 8.80. The fraction of sp³-hybridized carbons (Fsp3) is 0.245. The lowest BCUT2D eigenvalue weighted by Gasteiger charge is -2.06. The molecule has 8 aromatic rings. The Bertz CT molecular complexity index is 3770. The van der Waals surface area contributed by atoms with Gasteiger partial charge in [-0.25, -0.2) is 4.98 Å². The molecule has 0 aromatic carbocycles. The summed E-state index contributed by atoms with van der Waals surface area (Å²) in [5.74, 6) is -3.84. The molecule has 0 aliphatic heterocycles. The Morgan fingerprint density at radius 2 is 0.642 bits per heavy atom. The van der Waals surface area contributed by atoms with Crippen molar-refractivity contribution in [2.24, 2.45) is 62.1 Å². The van der Waals surface area contributed by atoms with Crippen LogP contribution in [0.1, 0.15) is 96.9 Å². The number of nitrogens with two attached hydrogens (primary N) is 1. The number of amides is 9. The molecular formula is C53H61N19O9. The van der Waals surface area contributed by atoms with Crippen molar-refractivity contribution in [3.05, 3.63) is 144 Å². The first-order chi connectivity index (χ1) is 38.5. The summed E-state index contributed by atoms with van der Waals surface area (Å²) in [7, 11) is 13.2. The molecule has 0 bridgehead atoms. The van der Waals surface area contributed by atoms with Crippen LogP contribution in [-0.2, 0) is 61.2 Å². The SMILES string of the molecule is Cn1cc(NC(=O)c2cc(NC(=O)c3cc(NC(=O)c4cc(NC(=O)CCCNC(=O)c5cc(NC(=O)c6cc(NC(=O)c7cc(NC(=O)c8nccn8C)cn7C)cn6C)cn5C)cn4C)cn3C)cn2C)cc1C(=O)NCCN. The third-order valence-corrected chi connectivity index (χ3v) is 12.8. The molecule has 0 saturated heterocycles. The van der Waals surface area contributed by atoms with E-state index in [9.17, 15) is 43.2 Å². The molecule has 0 saturated carbocycles. The molecule has 11 N–H and O–H groups in total. The van der Waals surface area contributed by atoms with Crippen molar-refractivity contribution in [3.63, 3.8) is 0 Å². The van der Waals surface area contributed by atoms with Crippen molar-refractivity contribution in [1.29, 1.82) is 0 Å². The fourth-order valence-electron chi connectivity index (χ4n) is 8.80. The van der Waals surface area contributed by atoms with E-state index in [4.69, 9.17) is 5.73 Å². The maximum absolute atomic E-state index is 13.4. The van der Waals surface area contributed by atoms with E-state index in [1.54, 1.807) is 129 Å². The Morgan fingerprint density at radius 3 is 0.926 bits per heavy atom. The van der Waals surface area contributed by atoms with E-state index in [-0.39, 0.29) is 77.7 Å². The summed E-state index contributed by atoms with van der Waals surface area (Å²) in [4.78, 5) is 122. The number of aryl methyl sites for hydroxylation is 8. The minimum absolute atomic E-state index is 0.0413. The van der Waals surface area contributed by atoms with Crippen LogP contribution in [0.5, 0.6) is 0 Å². The number of hydrogen-bond donors (Lipinski definition) is 10. The number of rotatable bonds is 21. The van der Waals surface area contributed by atoms with E-state index in [1.165, 1.54) is 62.4 Å². The van der Waals surface area contributed by atoms with Crippen LogP contribution in [0.15, 0.2) is 98.2 Å². The van der Waals surface area contributed by atoms with Crippen LogP contribution < -0.4 is 53.6 Å². The van der Waals surface area contributed by atoms with E-state index in [2.05, 4.69) is 52.8 Å². The Hall–Kier alpha value is -10.6. The predicted molar refractivity (Wildman–Crippen MR) is 300 cm³/mol. The lowest BCUT2D eigenvalue weighted by Crippen LogP contribution is -2.30. The van der Waals surface area contributed by atoms with Crippen molar-refractivity contribution in [2.75, 3.05) is 56.9 Å². The molecule has 81 heavy (non-hydrogen) atoms. The van der Waals surface area contributed by atoms with Gasteiger partial charge in [0, 0.05) is 138 Å². The monoisotopic (exact) mass is 1110 g/mol. The summed E-state index contributed by atoms with van der Waals surface area (Å²) in [6.45, 7) is 0.738. The molecule has 8 aromatic heterocycles. The molecule has 0 aliphatic carbocycles. The number of hydrogen-bond acceptors (Lipinski definition) is 11. The normalized spacial score (nSPS) is 11.0. The van der Waals surface area contributed by atoms with Crippen molar-refractivity contribution < 1.29 is 43.2 Å². The highest BCUT2D eigenvalue weighted by Gasteiger charge is 2.23. The van der Waals surface area contributed by atoms with Gasteiger partial charge in [0.05, 0.1) is 39.8 Å². The maximum atomic E-state index is 13.4. The number of carbonyl (C=O) groups is 9. The van der Waals surface area contributed by atoms with Crippen LogP contribution >= 0.6 is 0 Å². The molecule has 422 valence electrons.